The van der Waals surface area contributed by atoms with Crippen LogP contribution in [0.15, 0.2) is 18.6 Å². The Morgan fingerprint density at radius 3 is 2.86 bits per heavy atom. The van der Waals surface area contributed by atoms with Crippen molar-refractivity contribution in [1.82, 2.24) is 20.2 Å². The summed E-state index contributed by atoms with van der Waals surface area (Å²) in [5, 5.41) is 2.70. The third-order valence-electron chi connectivity index (χ3n) is 4.43. The van der Waals surface area contributed by atoms with E-state index in [-0.39, 0.29) is 11.8 Å². The summed E-state index contributed by atoms with van der Waals surface area (Å²) in [6.45, 7) is 0.607. The molecule has 112 valence electrons. The molecule has 1 unspecified atom stereocenters. The number of rotatable bonds is 4. The standard InChI is InChI=1S/C15H20N4O2/c1-16-14(21)15(12-10-17-6-7-18-12)5-2-8-19(15)13(20)9-11-3-4-11/h6-7,10-11H,2-5,8-9H2,1H3,(H,16,21). The number of hydrogen-bond acceptors (Lipinski definition) is 4. The van der Waals surface area contributed by atoms with Crippen LogP contribution in [0.4, 0.5) is 0 Å². The van der Waals surface area contributed by atoms with E-state index in [9.17, 15) is 9.59 Å². The topological polar surface area (TPSA) is 75.2 Å². The monoisotopic (exact) mass is 288 g/mol. The number of hydrogen-bond donors (Lipinski definition) is 1. The Hall–Kier alpha value is -1.98. The highest BCUT2D eigenvalue weighted by molar-refractivity contribution is 5.92. The van der Waals surface area contributed by atoms with Crippen LogP contribution < -0.4 is 5.32 Å². The van der Waals surface area contributed by atoms with Crippen molar-refractivity contribution < 1.29 is 9.59 Å². The van der Waals surface area contributed by atoms with Crippen molar-refractivity contribution in [2.75, 3.05) is 13.6 Å². The van der Waals surface area contributed by atoms with E-state index in [1.807, 2.05) is 0 Å². The molecule has 1 saturated heterocycles. The maximum absolute atomic E-state index is 12.6. The largest absolute Gasteiger partial charge is 0.357 e. The van der Waals surface area contributed by atoms with Gasteiger partial charge in [0, 0.05) is 32.4 Å². The molecule has 6 nitrogen and oxygen atoms in total. The number of nitrogens with one attached hydrogen (secondary N) is 1. The van der Waals surface area contributed by atoms with Gasteiger partial charge in [-0.05, 0) is 31.6 Å². The number of likely N-dealkylation sites (tertiary alicyclic amines) is 1. The molecule has 1 aromatic heterocycles. The summed E-state index contributed by atoms with van der Waals surface area (Å²) in [6.07, 6.45) is 8.93. The summed E-state index contributed by atoms with van der Waals surface area (Å²) in [4.78, 5) is 35.3. The van der Waals surface area contributed by atoms with E-state index in [2.05, 4.69) is 15.3 Å². The fourth-order valence-electron chi connectivity index (χ4n) is 3.17. The third-order valence-corrected chi connectivity index (χ3v) is 4.43. The van der Waals surface area contributed by atoms with E-state index in [1.165, 1.54) is 0 Å². The molecule has 2 heterocycles. The van der Waals surface area contributed by atoms with Crippen LogP contribution in [0.1, 0.15) is 37.8 Å². The van der Waals surface area contributed by atoms with Crippen LogP contribution in [0.3, 0.4) is 0 Å². The van der Waals surface area contributed by atoms with Gasteiger partial charge in [-0.3, -0.25) is 19.6 Å². The van der Waals surface area contributed by atoms with E-state index in [0.29, 0.717) is 31.0 Å². The Bertz CT molecular complexity index is 544. The van der Waals surface area contributed by atoms with Gasteiger partial charge in [-0.1, -0.05) is 0 Å². The molecule has 2 amide bonds. The highest BCUT2D eigenvalue weighted by Crippen LogP contribution is 2.41. The first-order valence-electron chi connectivity index (χ1n) is 7.47. The summed E-state index contributed by atoms with van der Waals surface area (Å²) in [5.41, 5.74) is -0.430. The zero-order valence-corrected chi connectivity index (χ0v) is 12.2. The molecule has 6 heteroatoms. The van der Waals surface area contributed by atoms with Crippen LogP contribution in [-0.4, -0.2) is 40.3 Å². The van der Waals surface area contributed by atoms with Gasteiger partial charge in [-0.15, -0.1) is 0 Å². The van der Waals surface area contributed by atoms with Gasteiger partial charge in [0.2, 0.25) is 5.91 Å². The van der Waals surface area contributed by atoms with Gasteiger partial charge in [-0.25, -0.2) is 0 Å². The lowest BCUT2D eigenvalue weighted by Gasteiger charge is -2.36. The van der Waals surface area contributed by atoms with Crippen molar-refractivity contribution in [3.8, 4) is 0 Å². The molecule has 1 aliphatic carbocycles. The van der Waals surface area contributed by atoms with E-state index >= 15 is 0 Å². The molecule has 0 radical (unpaired) electrons. The highest BCUT2D eigenvalue weighted by atomic mass is 16.2. The van der Waals surface area contributed by atoms with Gasteiger partial charge in [-0.2, -0.15) is 0 Å². The summed E-state index contributed by atoms with van der Waals surface area (Å²) >= 11 is 0. The second-order valence-corrected chi connectivity index (χ2v) is 5.83. The molecule has 0 spiro atoms. The lowest BCUT2D eigenvalue weighted by molar-refractivity contribution is -0.146. The van der Waals surface area contributed by atoms with E-state index < -0.39 is 5.54 Å². The van der Waals surface area contributed by atoms with Gasteiger partial charge in [0.25, 0.3) is 5.91 Å². The minimum atomic E-state index is -0.991. The summed E-state index contributed by atoms with van der Waals surface area (Å²) in [6, 6.07) is 0. The summed E-state index contributed by atoms with van der Waals surface area (Å²) in [7, 11) is 1.60. The molecule has 2 aliphatic rings. The molecule has 2 fully saturated rings. The van der Waals surface area contributed by atoms with Crippen LogP contribution in [0.25, 0.3) is 0 Å². The number of nitrogens with zero attached hydrogens (tertiary/aromatic N) is 3. The molecule has 3 rings (SSSR count). The maximum atomic E-state index is 12.6. The number of amides is 2. The Morgan fingerprint density at radius 1 is 1.43 bits per heavy atom. The number of carbonyl (C=O) groups is 2. The molecule has 1 saturated carbocycles. The van der Waals surface area contributed by atoms with Crippen molar-refractivity contribution >= 4 is 11.8 Å². The summed E-state index contributed by atoms with van der Waals surface area (Å²) < 4.78 is 0. The fraction of sp³-hybridized carbons (Fsp3) is 0.600. The number of aromatic nitrogens is 2. The Kier molecular flexibility index (Phi) is 3.61. The average Bonchev–Trinajstić information content (AvgIpc) is 3.21. The van der Waals surface area contributed by atoms with Crippen molar-refractivity contribution in [2.24, 2.45) is 5.92 Å². The minimum Gasteiger partial charge on any atom is -0.357 e. The van der Waals surface area contributed by atoms with Gasteiger partial charge >= 0.3 is 0 Å². The zero-order chi connectivity index (χ0) is 14.9. The average molecular weight is 288 g/mol. The number of carbonyl (C=O) groups excluding carboxylic acids is 2. The van der Waals surface area contributed by atoms with Crippen molar-refractivity contribution in [3.63, 3.8) is 0 Å². The zero-order valence-electron chi connectivity index (χ0n) is 12.2. The quantitative estimate of drug-likeness (QED) is 0.891. The number of likely N-dealkylation sites (N-methyl/N-ethyl adjacent to an activating group) is 1. The molecular formula is C15H20N4O2. The highest BCUT2D eigenvalue weighted by Gasteiger charge is 2.52. The molecule has 0 aromatic carbocycles. The molecule has 0 bridgehead atoms. The second-order valence-electron chi connectivity index (χ2n) is 5.83. The van der Waals surface area contributed by atoms with Crippen LogP contribution in [0.2, 0.25) is 0 Å². The first kappa shape index (κ1) is 14.0. The van der Waals surface area contributed by atoms with Gasteiger partial charge < -0.3 is 10.2 Å². The van der Waals surface area contributed by atoms with E-state index in [1.54, 1.807) is 30.5 Å². The predicted octanol–water partition coefficient (Wildman–Crippen LogP) is 0.840. The Balaban J connectivity index is 1.97. The molecule has 1 atom stereocenters. The lowest BCUT2D eigenvalue weighted by atomic mass is 9.90. The van der Waals surface area contributed by atoms with Crippen molar-refractivity contribution in [2.45, 2.75) is 37.6 Å². The Morgan fingerprint density at radius 2 is 2.24 bits per heavy atom. The predicted molar refractivity (Wildman–Crippen MR) is 76.1 cm³/mol. The molecule has 1 aromatic rings. The van der Waals surface area contributed by atoms with Crippen molar-refractivity contribution in [3.05, 3.63) is 24.3 Å². The van der Waals surface area contributed by atoms with Crippen LogP contribution in [0.5, 0.6) is 0 Å². The van der Waals surface area contributed by atoms with Crippen LogP contribution in [-0.2, 0) is 15.1 Å². The molecule has 1 N–H and O–H groups in total. The lowest BCUT2D eigenvalue weighted by Crippen LogP contribution is -2.55. The normalized spacial score (nSPS) is 24.9. The first-order chi connectivity index (χ1) is 10.2. The van der Waals surface area contributed by atoms with Gasteiger partial charge in [0.05, 0.1) is 11.9 Å². The molecule has 1 aliphatic heterocycles. The smallest absolute Gasteiger partial charge is 0.252 e. The minimum absolute atomic E-state index is 0.0595. The SMILES string of the molecule is CNC(=O)C1(c2cnccn2)CCCN1C(=O)CC1CC1. The van der Waals surface area contributed by atoms with Gasteiger partial charge in [0.1, 0.15) is 0 Å². The molecule has 21 heavy (non-hydrogen) atoms. The maximum Gasteiger partial charge on any atom is 0.252 e. The van der Waals surface area contributed by atoms with E-state index in [4.69, 9.17) is 0 Å². The van der Waals surface area contributed by atoms with Crippen molar-refractivity contribution in [1.29, 1.82) is 0 Å². The third kappa shape index (κ3) is 2.39. The van der Waals surface area contributed by atoms with Crippen LogP contribution in [0, 0.1) is 5.92 Å². The van der Waals surface area contributed by atoms with E-state index in [0.717, 1.165) is 19.3 Å². The fourth-order valence-corrected chi connectivity index (χ4v) is 3.17. The molecular weight excluding hydrogens is 268 g/mol. The summed E-state index contributed by atoms with van der Waals surface area (Å²) in [5.74, 6) is 0.385. The van der Waals surface area contributed by atoms with Crippen LogP contribution >= 0.6 is 0 Å². The van der Waals surface area contributed by atoms with Gasteiger partial charge in [0.15, 0.2) is 5.54 Å². The Labute approximate surface area is 124 Å². The first-order valence-corrected chi connectivity index (χ1v) is 7.47. The second kappa shape index (κ2) is 5.42.